The topological polar surface area (TPSA) is 180 Å². The molecule has 1 aliphatic carbocycles. The number of aromatic hydroxyl groups is 1. The Kier molecular flexibility index (Phi) is 7.49. The van der Waals surface area contributed by atoms with Crippen molar-refractivity contribution in [2.75, 3.05) is 0 Å². The van der Waals surface area contributed by atoms with Crippen LogP contribution in [-0.2, 0) is 10.0 Å². The molecule has 1 aliphatic rings. The average Bonchev–Trinajstić information content (AvgIpc) is 2.81. The fourth-order valence-corrected chi connectivity index (χ4v) is 4.95. The lowest BCUT2D eigenvalue weighted by Gasteiger charge is -2.26. The summed E-state index contributed by atoms with van der Waals surface area (Å²) in [5, 5.41) is 21.7. The summed E-state index contributed by atoms with van der Waals surface area (Å²) < 4.78 is 60.9. The van der Waals surface area contributed by atoms with Crippen LogP contribution in [0.4, 0.5) is 8.78 Å². The number of nitriles is 1. The Morgan fingerprint density at radius 1 is 1.26 bits per heavy atom. The van der Waals surface area contributed by atoms with Gasteiger partial charge in [-0.05, 0) is 30.9 Å². The van der Waals surface area contributed by atoms with Crippen molar-refractivity contribution in [3.63, 3.8) is 0 Å². The lowest BCUT2D eigenvalue weighted by Crippen LogP contribution is -2.34. The smallest absolute Gasteiger partial charge is 0.349 e. The standard InChI is InChI=1S/C21H14Cl2F2N6O6S/c22-12-3-11(31-21(34)29-20(33)17(30-31)19(24)25)4-13(23)18(12)37-16-5-15(14(32)8-27-16)38(35,36)28-7-10-1-9(2-10)6-26/h3-5,7-10,19,32H,1-2H2,(H,29,33,34). The van der Waals surface area contributed by atoms with Gasteiger partial charge in [-0.2, -0.15) is 27.9 Å². The summed E-state index contributed by atoms with van der Waals surface area (Å²) in [5.74, 6) is -1.67. The van der Waals surface area contributed by atoms with Crippen LogP contribution in [0.3, 0.4) is 0 Å². The third kappa shape index (κ3) is 5.52. The first kappa shape index (κ1) is 27.2. The van der Waals surface area contributed by atoms with E-state index in [1.165, 1.54) is 6.21 Å². The molecule has 1 saturated carbocycles. The second-order valence-corrected chi connectivity index (χ2v) is 10.4. The second-order valence-electron chi connectivity index (χ2n) is 7.97. The highest BCUT2D eigenvalue weighted by molar-refractivity contribution is 7.90. The van der Waals surface area contributed by atoms with Crippen LogP contribution < -0.4 is 16.0 Å². The monoisotopic (exact) mass is 586 g/mol. The molecule has 0 amide bonds. The highest BCUT2D eigenvalue weighted by atomic mass is 35.5. The summed E-state index contributed by atoms with van der Waals surface area (Å²) in [4.78, 5) is 28.5. The summed E-state index contributed by atoms with van der Waals surface area (Å²) in [7, 11) is -4.37. The maximum Gasteiger partial charge on any atom is 0.349 e. The van der Waals surface area contributed by atoms with Crippen LogP contribution in [0.25, 0.3) is 5.69 Å². The Balaban J connectivity index is 1.63. The van der Waals surface area contributed by atoms with E-state index in [0.29, 0.717) is 17.5 Å². The molecule has 12 nitrogen and oxygen atoms in total. The number of sulfonamides is 1. The zero-order valence-corrected chi connectivity index (χ0v) is 21.0. The second kappa shape index (κ2) is 10.5. The molecule has 198 valence electrons. The third-order valence-corrected chi connectivity index (χ3v) is 7.20. The molecule has 3 aromatic rings. The SMILES string of the molecule is N#CC1CC(C=NS(=O)(=O)c2cc(Oc3c(Cl)cc(-n4nc(C(F)F)c(=O)[nH]c4=O)cc3Cl)ncc2O)C1. The van der Waals surface area contributed by atoms with Gasteiger partial charge in [0, 0.05) is 18.2 Å². The molecule has 0 spiro atoms. The van der Waals surface area contributed by atoms with E-state index in [1.54, 1.807) is 4.98 Å². The Hall–Kier alpha value is -3.87. The Bertz CT molecular complexity index is 1690. The molecule has 38 heavy (non-hydrogen) atoms. The Labute approximate surface area is 221 Å². The fourth-order valence-electron chi connectivity index (χ4n) is 3.39. The van der Waals surface area contributed by atoms with Crippen LogP contribution >= 0.6 is 23.2 Å². The number of nitrogens with zero attached hydrogens (tertiary/aromatic N) is 5. The van der Waals surface area contributed by atoms with E-state index < -0.39 is 44.0 Å². The molecule has 2 heterocycles. The van der Waals surface area contributed by atoms with Crippen LogP contribution in [0, 0.1) is 23.2 Å². The molecule has 1 aromatic carbocycles. The highest BCUT2D eigenvalue weighted by Gasteiger charge is 2.29. The van der Waals surface area contributed by atoms with Crippen LogP contribution in [0.2, 0.25) is 10.0 Å². The zero-order valence-electron chi connectivity index (χ0n) is 18.7. The van der Waals surface area contributed by atoms with Crippen molar-refractivity contribution in [1.29, 1.82) is 5.26 Å². The summed E-state index contributed by atoms with van der Waals surface area (Å²) in [6.45, 7) is 0. The lowest BCUT2D eigenvalue weighted by molar-refractivity contribution is 0.141. The molecule has 4 rings (SSSR count). The van der Waals surface area contributed by atoms with Crippen LogP contribution in [-0.4, -0.2) is 39.5 Å². The number of aromatic nitrogens is 4. The van der Waals surface area contributed by atoms with Crippen molar-refractivity contribution >= 4 is 39.4 Å². The molecular formula is C21H14Cl2F2N6O6S. The van der Waals surface area contributed by atoms with Gasteiger partial charge in [-0.3, -0.25) is 9.78 Å². The molecule has 17 heteroatoms. The van der Waals surface area contributed by atoms with Crippen molar-refractivity contribution in [1.82, 2.24) is 19.7 Å². The van der Waals surface area contributed by atoms with Gasteiger partial charge in [0.2, 0.25) is 5.88 Å². The zero-order chi connectivity index (χ0) is 27.8. The van der Waals surface area contributed by atoms with Crippen molar-refractivity contribution in [3.8, 4) is 29.1 Å². The Morgan fingerprint density at radius 2 is 1.92 bits per heavy atom. The molecule has 0 unspecified atom stereocenters. The predicted octanol–water partition coefficient (Wildman–Crippen LogP) is 3.37. The lowest BCUT2D eigenvalue weighted by atomic mass is 9.77. The maximum atomic E-state index is 13.0. The van der Waals surface area contributed by atoms with Crippen molar-refractivity contribution < 1.29 is 27.0 Å². The van der Waals surface area contributed by atoms with E-state index in [0.717, 1.165) is 24.4 Å². The third-order valence-electron chi connectivity index (χ3n) is 5.36. The number of nitrogens with one attached hydrogen (secondary N) is 1. The quantitative estimate of drug-likeness (QED) is 0.392. The number of hydrogen-bond acceptors (Lipinski definition) is 9. The van der Waals surface area contributed by atoms with Gasteiger partial charge in [-0.15, -0.1) is 0 Å². The van der Waals surface area contributed by atoms with E-state index in [2.05, 4.69) is 20.5 Å². The number of halogens is 4. The van der Waals surface area contributed by atoms with Gasteiger partial charge in [0.05, 0.1) is 28.0 Å². The van der Waals surface area contributed by atoms with Crippen LogP contribution in [0.15, 0.2) is 43.3 Å². The van der Waals surface area contributed by atoms with E-state index in [9.17, 15) is 31.9 Å². The van der Waals surface area contributed by atoms with Crippen molar-refractivity contribution in [3.05, 3.63) is 61.0 Å². The number of rotatable bonds is 7. The minimum atomic E-state index is -4.37. The molecule has 0 radical (unpaired) electrons. The van der Waals surface area contributed by atoms with Gasteiger partial charge in [-0.25, -0.2) is 18.6 Å². The largest absolute Gasteiger partial charge is 0.505 e. The number of ether oxygens (including phenoxy) is 1. The number of aromatic amines is 1. The van der Waals surface area contributed by atoms with Gasteiger partial charge in [0.25, 0.3) is 22.0 Å². The first-order valence-corrected chi connectivity index (χ1v) is 12.7. The van der Waals surface area contributed by atoms with Crippen LogP contribution in [0.1, 0.15) is 25.0 Å². The molecule has 0 saturated heterocycles. The van der Waals surface area contributed by atoms with E-state index in [4.69, 9.17) is 33.2 Å². The highest BCUT2D eigenvalue weighted by Crippen LogP contribution is 2.39. The van der Waals surface area contributed by atoms with E-state index in [-0.39, 0.29) is 39.2 Å². The first-order valence-electron chi connectivity index (χ1n) is 10.5. The molecule has 1 fully saturated rings. The van der Waals surface area contributed by atoms with Gasteiger partial charge >= 0.3 is 5.69 Å². The van der Waals surface area contributed by atoms with E-state index in [1.807, 2.05) is 0 Å². The maximum absolute atomic E-state index is 13.0. The van der Waals surface area contributed by atoms with Gasteiger partial charge in [0.15, 0.2) is 17.2 Å². The summed E-state index contributed by atoms with van der Waals surface area (Å²) in [5.41, 5.74) is -3.89. The van der Waals surface area contributed by atoms with E-state index >= 15 is 0 Å². The molecule has 0 bridgehead atoms. The fraction of sp³-hybridized carbons (Fsp3) is 0.238. The number of benzene rings is 1. The van der Waals surface area contributed by atoms with Crippen LogP contribution in [0.5, 0.6) is 17.4 Å². The number of hydrogen-bond donors (Lipinski definition) is 2. The predicted molar refractivity (Wildman–Crippen MR) is 129 cm³/mol. The normalized spacial score (nSPS) is 17.4. The van der Waals surface area contributed by atoms with Crippen molar-refractivity contribution in [2.24, 2.45) is 16.2 Å². The number of pyridine rings is 1. The molecular weight excluding hydrogens is 573 g/mol. The first-order chi connectivity index (χ1) is 17.9. The van der Waals surface area contributed by atoms with Gasteiger partial charge < -0.3 is 9.84 Å². The number of alkyl halides is 2. The minimum Gasteiger partial charge on any atom is -0.505 e. The molecule has 0 aliphatic heterocycles. The molecule has 0 atom stereocenters. The van der Waals surface area contributed by atoms with Crippen molar-refractivity contribution in [2.45, 2.75) is 24.2 Å². The van der Waals surface area contributed by atoms with Gasteiger partial charge in [0.1, 0.15) is 4.90 Å². The number of H-pyrrole nitrogens is 1. The Morgan fingerprint density at radius 3 is 2.53 bits per heavy atom. The summed E-state index contributed by atoms with van der Waals surface area (Å²) in [6.07, 6.45) is -0.314. The average molecular weight is 587 g/mol. The molecule has 2 aromatic heterocycles. The minimum absolute atomic E-state index is 0.158. The summed E-state index contributed by atoms with van der Waals surface area (Å²) >= 11 is 12.4. The van der Waals surface area contributed by atoms with Gasteiger partial charge in [-0.1, -0.05) is 23.2 Å². The summed E-state index contributed by atoms with van der Waals surface area (Å²) in [6, 6.07) is 5.09. The molecule has 2 N–H and O–H groups in total.